The number of nitro groups is 1. The molecule has 2 aromatic rings. The lowest BCUT2D eigenvalue weighted by Gasteiger charge is -2.37. The van der Waals surface area contributed by atoms with E-state index in [2.05, 4.69) is 56.2 Å². The van der Waals surface area contributed by atoms with Gasteiger partial charge in [-0.15, -0.1) is 10.2 Å². The number of nitrogens with zero attached hydrogens (tertiary/aromatic N) is 3. The van der Waals surface area contributed by atoms with E-state index in [1.165, 1.54) is 17.7 Å². The van der Waals surface area contributed by atoms with Crippen LogP contribution in [-0.4, -0.2) is 27.7 Å². The highest BCUT2D eigenvalue weighted by atomic mass is 16.6. The first-order valence-electron chi connectivity index (χ1n) is 10.7. The first-order valence-corrected chi connectivity index (χ1v) is 10.7. The van der Waals surface area contributed by atoms with E-state index in [4.69, 9.17) is 4.42 Å². The number of allylic oxidation sites excluding steroid dienone is 1. The Bertz CT molecular complexity index is 886. The average molecular weight is 413 g/mol. The molecule has 30 heavy (non-hydrogen) atoms. The zero-order valence-corrected chi connectivity index (χ0v) is 18.5. The molecule has 3 rings (SSSR count). The van der Waals surface area contributed by atoms with E-state index in [-0.39, 0.29) is 5.69 Å². The van der Waals surface area contributed by atoms with Crippen LogP contribution < -0.4 is 5.32 Å². The predicted molar refractivity (Wildman–Crippen MR) is 117 cm³/mol. The van der Waals surface area contributed by atoms with Gasteiger partial charge in [-0.05, 0) is 49.1 Å². The maximum absolute atomic E-state index is 10.8. The number of nitro benzene ring substituents is 1. The van der Waals surface area contributed by atoms with Crippen LogP contribution in [0.2, 0.25) is 0 Å². The largest absolute Gasteiger partial charge is 0.421 e. The molecular weight excluding hydrogens is 380 g/mol. The van der Waals surface area contributed by atoms with Crippen LogP contribution in [0.15, 0.2) is 40.3 Å². The molecule has 7 heteroatoms. The molecule has 3 atom stereocenters. The topological polar surface area (TPSA) is 94.1 Å². The van der Waals surface area contributed by atoms with Crippen molar-refractivity contribution in [1.29, 1.82) is 0 Å². The Labute approximate surface area is 178 Å². The van der Waals surface area contributed by atoms with Gasteiger partial charge in [0.15, 0.2) is 0 Å². The average Bonchev–Trinajstić information content (AvgIpc) is 3.16. The second-order valence-electron chi connectivity index (χ2n) is 8.99. The lowest BCUT2D eigenvalue weighted by atomic mass is 9.70. The van der Waals surface area contributed by atoms with E-state index in [1.807, 2.05) is 0 Å². The Morgan fingerprint density at radius 1 is 1.20 bits per heavy atom. The van der Waals surface area contributed by atoms with Gasteiger partial charge in [-0.25, -0.2) is 0 Å². The number of rotatable bonds is 8. The smallest absolute Gasteiger partial charge is 0.269 e. The highest BCUT2D eigenvalue weighted by Crippen LogP contribution is 2.38. The van der Waals surface area contributed by atoms with Crippen LogP contribution in [0.25, 0.3) is 11.5 Å². The van der Waals surface area contributed by atoms with Gasteiger partial charge in [0, 0.05) is 36.7 Å². The number of aromatic nitrogens is 2. The van der Waals surface area contributed by atoms with Crippen molar-refractivity contribution in [2.75, 3.05) is 6.54 Å². The summed E-state index contributed by atoms with van der Waals surface area (Å²) in [5.41, 5.74) is 2.12. The van der Waals surface area contributed by atoms with Crippen LogP contribution in [0.4, 0.5) is 5.69 Å². The summed E-state index contributed by atoms with van der Waals surface area (Å²) >= 11 is 0. The van der Waals surface area contributed by atoms with Crippen LogP contribution in [0.1, 0.15) is 46.9 Å². The highest BCUT2D eigenvalue weighted by molar-refractivity contribution is 5.55. The monoisotopic (exact) mass is 412 g/mol. The zero-order valence-electron chi connectivity index (χ0n) is 18.5. The Kier molecular flexibility index (Phi) is 7.02. The zero-order chi connectivity index (χ0) is 21.8. The van der Waals surface area contributed by atoms with Crippen LogP contribution in [0.3, 0.4) is 0 Å². The molecule has 0 radical (unpaired) electrons. The number of nitrogens with one attached hydrogen (secondary N) is 1. The molecule has 7 nitrogen and oxygen atoms in total. The molecule has 1 N–H and O–H groups in total. The summed E-state index contributed by atoms with van der Waals surface area (Å²) in [5.74, 6) is 3.16. The van der Waals surface area contributed by atoms with Crippen molar-refractivity contribution in [3.8, 4) is 11.5 Å². The third-order valence-electron chi connectivity index (χ3n) is 6.06. The van der Waals surface area contributed by atoms with Crippen molar-refractivity contribution in [3.63, 3.8) is 0 Å². The van der Waals surface area contributed by atoms with Crippen molar-refractivity contribution >= 4 is 5.69 Å². The van der Waals surface area contributed by atoms with Crippen LogP contribution >= 0.6 is 0 Å². The fraction of sp³-hybridized carbons (Fsp3) is 0.565. The molecule has 0 saturated carbocycles. The Hall–Kier alpha value is -2.54. The third-order valence-corrected chi connectivity index (χ3v) is 6.06. The van der Waals surface area contributed by atoms with Crippen molar-refractivity contribution < 1.29 is 9.34 Å². The van der Waals surface area contributed by atoms with E-state index < -0.39 is 4.92 Å². The summed E-state index contributed by atoms with van der Waals surface area (Å²) in [6, 6.07) is 6.67. The lowest BCUT2D eigenvalue weighted by Crippen LogP contribution is -2.37. The van der Waals surface area contributed by atoms with Gasteiger partial charge in [-0.3, -0.25) is 10.1 Å². The molecule has 1 aliphatic rings. The molecule has 0 saturated heterocycles. The van der Waals surface area contributed by atoms with E-state index in [0.717, 1.165) is 19.4 Å². The van der Waals surface area contributed by atoms with Crippen LogP contribution in [0.5, 0.6) is 0 Å². The first kappa shape index (κ1) is 22.2. The fourth-order valence-electron chi connectivity index (χ4n) is 4.27. The summed E-state index contributed by atoms with van der Waals surface area (Å²) in [6.45, 7) is 12.2. The molecule has 0 unspecified atom stereocenters. The molecule has 162 valence electrons. The van der Waals surface area contributed by atoms with E-state index in [0.29, 0.717) is 47.1 Å². The van der Waals surface area contributed by atoms with Crippen molar-refractivity contribution in [2.45, 2.75) is 53.5 Å². The second kappa shape index (κ2) is 9.51. The third kappa shape index (κ3) is 5.33. The van der Waals surface area contributed by atoms with Crippen molar-refractivity contribution in [3.05, 3.63) is 51.9 Å². The summed E-state index contributed by atoms with van der Waals surface area (Å²) < 4.78 is 5.89. The van der Waals surface area contributed by atoms with E-state index in [9.17, 15) is 10.1 Å². The summed E-state index contributed by atoms with van der Waals surface area (Å²) in [7, 11) is 0. The molecule has 1 heterocycles. The maximum atomic E-state index is 10.8. The van der Waals surface area contributed by atoms with Gasteiger partial charge in [-0.2, -0.15) is 0 Å². The lowest BCUT2D eigenvalue weighted by molar-refractivity contribution is -0.384. The maximum Gasteiger partial charge on any atom is 0.269 e. The predicted octanol–water partition coefficient (Wildman–Crippen LogP) is 5.04. The van der Waals surface area contributed by atoms with Crippen molar-refractivity contribution in [1.82, 2.24) is 15.5 Å². The molecule has 0 amide bonds. The Morgan fingerprint density at radius 3 is 2.50 bits per heavy atom. The standard InChI is InChI=1S/C23H32N4O3/c1-14(2)21-11-18(16(5)10-19(21)13-24-15(3)4)12-22-25-26-23(30-22)17-6-8-20(9-7-17)27(28)29/h6-10,14-15,18-19,21,24H,11-13H2,1-5H3/t18-,19-,21-/m0/s1. The summed E-state index contributed by atoms with van der Waals surface area (Å²) in [6.07, 6.45) is 4.26. The van der Waals surface area contributed by atoms with Crippen LogP contribution in [-0.2, 0) is 6.42 Å². The first-order chi connectivity index (χ1) is 14.2. The van der Waals surface area contributed by atoms with Gasteiger partial charge in [0.25, 0.3) is 5.69 Å². The summed E-state index contributed by atoms with van der Waals surface area (Å²) in [4.78, 5) is 10.4. The van der Waals surface area contributed by atoms with E-state index >= 15 is 0 Å². The molecule has 0 spiro atoms. The normalized spacial score (nSPS) is 21.8. The number of non-ortho nitro benzene ring substituents is 1. The molecule has 0 aliphatic heterocycles. The molecular formula is C23H32N4O3. The number of benzene rings is 1. The minimum atomic E-state index is -0.420. The molecule has 1 aromatic carbocycles. The number of hydrogen-bond acceptors (Lipinski definition) is 6. The van der Waals surface area contributed by atoms with Crippen LogP contribution in [0, 0.1) is 33.8 Å². The molecule has 1 aliphatic carbocycles. The minimum absolute atomic E-state index is 0.0442. The van der Waals surface area contributed by atoms with Gasteiger partial charge >= 0.3 is 0 Å². The van der Waals surface area contributed by atoms with Gasteiger partial charge in [0.2, 0.25) is 11.8 Å². The fourth-order valence-corrected chi connectivity index (χ4v) is 4.27. The SMILES string of the molecule is CC1=C[C@@H](CNC(C)C)[C@H](C(C)C)C[C@H]1Cc1nnc(-c2ccc([N+](=O)[O-])cc2)o1. The van der Waals surface area contributed by atoms with Gasteiger partial charge in [-0.1, -0.05) is 39.3 Å². The minimum Gasteiger partial charge on any atom is -0.421 e. The quantitative estimate of drug-likeness (QED) is 0.371. The van der Waals surface area contributed by atoms with Gasteiger partial charge < -0.3 is 9.73 Å². The molecule has 0 bridgehead atoms. The number of hydrogen-bond donors (Lipinski definition) is 1. The van der Waals surface area contributed by atoms with E-state index in [1.54, 1.807) is 12.1 Å². The Balaban J connectivity index is 1.71. The molecule has 0 fully saturated rings. The van der Waals surface area contributed by atoms with Gasteiger partial charge in [0.1, 0.15) is 0 Å². The summed E-state index contributed by atoms with van der Waals surface area (Å²) in [5, 5.41) is 22.8. The molecule has 1 aromatic heterocycles. The second-order valence-corrected chi connectivity index (χ2v) is 8.99. The van der Waals surface area contributed by atoms with Crippen molar-refractivity contribution in [2.24, 2.45) is 23.7 Å². The highest BCUT2D eigenvalue weighted by Gasteiger charge is 2.32. The van der Waals surface area contributed by atoms with Gasteiger partial charge in [0.05, 0.1) is 4.92 Å². The Morgan fingerprint density at radius 2 is 1.90 bits per heavy atom.